The molecule has 1 saturated heterocycles. The van der Waals surface area contributed by atoms with Gasteiger partial charge in [0.25, 0.3) is 5.91 Å². The molecule has 2 aromatic rings. The lowest BCUT2D eigenvalue weighted by Crippen LogP contribution is -2.59. The summed E-state index contributed by atoms with van der Waals surface area (Å²) in [6, 6.07) is 3.85. The van der Waals surface area contributed by atoms with E-state index in [1.54, 1.807) is 37.6 Å². The number of nitrogens with two attached hydrogens (primary N) is 1. The van der Waals surface area contributed by atoms with E-state index in [2.05, 4.69) is 15.6 Å². The molecule has 3 amide bonds. The quantitative estimate of drug-likeness (QED) is 0.233. The zero-order valence-electron chi connectivity index (χ0n) is 26.2. The highest BCUT2D eigenvalue weighted by atomic mass is 32.1. The van der Waals surface area contributed by atoms with Gasteiger partial charge in [-0.2, -0.15) is 0 Å². The molecule has 1 unspecified atom stereocenters. The van der Waals surface area contributed by atoms with Gasteiger partial charge in [0.1, 0.15) is 17.8 Å². The summed E-state index contributed by atoms with van der Waals surface area (Å²) in [5, 5.41) is 16.0. The average Bonchev–Trinajstić information content (AvgIpc) is 3.38. The number of hydrogen-bond donors (Lipinski definition) is 4. The van der Waals surface area contributed by atoms with Gasteiger partial charge in [0.2, 0.25) is 11.8 Å². The SMILES string of the molecule is Cc1ncsc1-c1ccc(CNC(=O)[C@@H]2C[C@@H](O)CN2C(=O)C(NC(=O)C2(F)CC2)C(C)(C)C)c(OCCCCCCN)c1. The molecule has 0 spiro atoms. The Morgan fingerprint density at radius 3 is 2.59 bits per heavy atom. The van der Waals surface area contributed by atoms with E-state index < -0.39 is 47.0 Å². The maximum absolute atomic E-state index is 14.5. The summed E-state index contributed by atoms with van der Waals surface area (Å²) in [4.78, 5) is 46.4. The number of β-amino-alcohol motifs (C(OH)–C–C–N with tert-alkyl or cyclic N) is 1. The minimum absolute atomic E-state index is 0.0540. The van der Waals surface area contributed by atoms with Crippen molar-refractivity contribution in [2.24, 2.45) is 11.1 Å². The molecule has 1 saturated carbocycles. The molecule has 3 atom stereocenters. The number of benzene rings is 1. The van der Waals surface area contributed by atoms with Gasteiger partial charge in [0.15, 0.2) is 5.67 Å². The van der Waals surface area contributed by atoms with Gasteiger partial charge >= 0.3 is 0 Å². The van der Waals surface area contributed by atoms with Crippen LogP contribution in [0.25, 0.3) is 10.4 Å². The van der Waals surface area contributed by atoms with Gasteiger partial charge in [0, 0.05) is 25.1 Å². The topological polar surface area (TPSA) is 147 Å². The van der Waals surface area contributed by atoms with E-state index in [4.69, 9.17) is 10.5 Å². The fraction of sp³-hybridized carbons (Fsp3) is 0.625. The van der Waals surface area contributed by atoms with Crippen molar-refractivity contribution < 1.29 is 28.6 Å². The lowest BCUT2D eigenvalue weighted by Gasteiger charge is -2.35. The molecule has 2 aliphatic rings. The number of aliphatic hydroxyl groups is 1. The first-order valence-corrected chi connectivity index (χ1v) is 16.3. The number of carbonyl (C=O) groups is 3. The van der Waals surface area contributed by atoms with Crippen LogP contribution in [0.3, 0.4) is 0 Å². The average molecular weight is 632 g/mol. The molecule has 1 aromatic carbocycles. The van der Waals surface area contributed by atoms with Gasteiger partial charge in [0.05, 0.1) is 28.8 Å². The number of hydrogen-bond acceptors (Lipinski definition) is 8. The molecule has 4 rings (SSSR count). The number of alkyl halides is 1. The van der Waals surface area contributed by atoms with Crippen LogP contribution in [0, 0.1) is 12.3 Å². The lowest BCUT2D eigenvalue weighted by molar-refractivity contribution is -0.145. The van der Waals surface area contributed by atoms with E-state index in [-0.39, 0.29) is 32.4 Å². The number of aliphatic hydroxyl groups excluding tert-OH is 1. The van der Waals surface area contributed by atoms with E-state index in [1.165, 1.54) is 4.90 Å². The first-order chi connectivity index (χ1) is 20.8. The number of aryl methyl sites for hydroxylation is 1. The van der Waals surface area contributed by atoms with Crippen molar-refractivity contribution in [3.8, 4) is 16.2 Å². The fourth-order valence-electron chi connectivity index (χ4n) is 5.36. The number of carbonyl (C=O) groups excluding carboxylic acids is 3. The summed E-state index contributed by atoms with van der Waals surface area (Å²) in [5.74, 6) is -1.09. The second-order valence-electron chi connectivity index (χ2n) is 13.0. The number of thiazole rings is 1. The lowest BCUT2D eigenvalue weighted by atomic mass is 9.85. The largest absolute Gasteiger partial charge is 0.493 e. The number of halogens is 1. The summed E-state index contributed by atoms with van der Waals surface area (Å²) in [6.45, 7) is 8.56. The number of unbranched alkanes of at least 4 members (excludes halogenated alkanes) is 3. The molecule has 44 heavy (non-hydrogen) atoms. The molecular weight excluding hydrogens is 585 g/mol. The number of rotatable bonds is 14. The molecule has 12 heteroatoms. The number of ether oxygens (including phenoxy) is 1. The monoisotopic (exact) mass is 631 g/mol. The maximum atomic E-state index is 14.5. The second kappa shape index (κ2) is 14.3. The molecule has 5 N–H and O–H groups in total. The van der Waals surface area contributed by atoms with Crippen molar-refractivity contribution in [2.75, 3.05) is 19.7 Å². The third kappa shape index (κ3) is 8.33. The Balaban J connectivity index is 1.46. The van der Waals surface area contributed by atoms with Gasteiger partial charge in [-0.1, -0.05) is 45.7 Å². The molecule has 1 aliphatic carbocycles. The van der Waals surface area contributed by atoms with E-state index in [1.807, 2.05) is 25.1 Å². The second-order valence-corrected chi connectivity index (χ2v) is 13.8. The number of nitrogens with zero attached hydrogens (tertiary/aromatic N) is 2. The minimum Gasteiger partial charge on any atom is -0.493 e. The highest BCUT2D eigenvalue weighted by Crippen LogP contribution is 2.40. The van der Waals surface area contributed by atoms with Crippen molar-refractivity contribution in [1.29, 1.82) is 0 Å². The number of amides is 3. The van der Waals surface area contributed by atoms with Gasteiger partial charge in [-0.3, -0.25) is 14.4 Å². The van der Waals surface area contributed by atoms with Crippen LogP contribution in [-0.4, -0.2) is 76.3 Å². The van der Waals surface area contributed by atoms with Crippen molar-refractivity contribution in [1.82, 2.24) is 20.5 Å². The van der Waals surface area contributed by atoms with Crippen molar-refractivity contribution >= 4 is 29.1 Å². The Morgan fingerprint density at radius 1 is 1.23 bits per heavy atom. The van der Waals surface area contributed by atoms with Crippen molar-refractivity contribution in [2.45, 2.75) is 103 Å². The maximum Gasteiger partial charge on any atom is 0.258 e. The molecule has 1 aromatic heterocycles. The van der Waals surface area contributed by atoms with E-state index in [0.717, 1.165) is 47.4 Å². The summed E-state index contributed by atoms with van der Waals surface area (Å²) in [6.07, 6.45) is 3.32. The number of likely N-dealkylation sites (tertiary alicyclic amines) is 1. The molecule has 2 heterocycles. The summed E-state index contributed by atoms with van der Waals surface area (Å²) >= 11 is 1.55. The Labute approximate surface area is 262 Å². The van der Waals surface area contributed by atoms with E-state index >= 15 is 0 Å². The molecule has 1 aliphatic heterocycles. The normalized spacial score (nSPS) is 19.8. The molecule has 242 valence electrons. The van der Waals surface area contributed by atoms with Crippen molar-refractivity contribution in [3.05, 3.63) is 35.0 Å². The smallest absolute Gasteiger partial charge is 0.258 e. The number of nitrogens with one attached hydrogen (secondary N) is 2. The number of aromatic nitrogens is 1. The third-order valence-electron chi connectivity index (χ3n) is 8.23. The van der Waals surface area contributed by atoms with Gasteiger partial charge < -0.3 is 31.1 Å². The van der Waals surface area contributed by atoms with E-state index in [0.29, 0.717) is 18.9 Å². The fourth-order valence-corrected chi connectivity index (χ4v) is 6.16. The summed E-state index contributed by atoms with van der Waals surface area (Å²) in [7, 11) is 0. The van der Waals surface area contributed by atoms with E-state index in [9.17, 15) is 23.9 Å². The van der Waals surface area contributed by atoms with Gasteiger partial charge in [-0.15, -0.1) is 11.3 Å². The molecule has 0 bridgehead atoms. The van der Waals surface area contributed by atoms with Crippen LogP contribution in [0.2, 0.25) is 0 Å². The van der Waals surface area contributed by atoms with Crippen LogP contribution >= 0.6 is 11.3 Å². The molecule has 2 fully saturated rings. The Kier molecular flexibility index (Phi) is 11.0. The highest BCUT2D eigenvalue weighted by Gasteiger charge is 2.53. The Morgan fingerprint density at radius 2 is 1.95 bits per heavy atom. The molecule has 10 nitrogen and oxygen atoms in total. The zero-order chi connectivity index (χ0) is 32.1. The van der Waals surface area contributed by atoms with Crippen LogP contribution in [-0.2, 0) is 20.9 Å². The predicted molar refractivity (Wildman–Crippen MR) is 168 cm³/mol. The first kappa shape index (κ1) is 33.8. The van der Waals surface area contributed by atoms with Crippen LogP contribution < -0.4 is 21.1 Å². The van der Waals surface area contributed by atoms with Crippen LogP contribution in [0.15, 0.2) is 23.7 Å². The van der Waals surface area contributed by atoms with Crippen LogP contribution in [0.5, 0.6) is 5.75 Å². The third-order valence-corrected chi connectivity index (χ3v) is 9.21. The Bertz CT molecular complexity index is 1320. The van der Waals surface area contributed by atoms with Crippen molar-refractivity contribution in [3.63, 3.8) is 0 Å². The van der Waals surface area contributed by atoms with Gasteiger partial charge in [-0.25, -0.2) is 9.37 Å². The standard InChI is InChI=1S/C32H46FN5O5S/c1-20-26(44-19-36-20)21-9-10-22(25(15-21)43-14-8-6-5-7-13-34)17-35-28(40)24-16-23(39)18-38(24)29(41)27(31(2,3)4)37-30(42)32(33)11-12-32/h9-10,15,19,23-24,27,39H,5-8,11-14,16-18,34H2,1-4H3,(H,35,40)(H,37,42)/t23-,24+,27?/m1/s1. The Hall–Kier alpha value is -3.09. The van der Waals surface area contributed by atoms with Gasteiger partial charge in [-0.05, 0) is 56.2 Å². The minimum atomic E-state index is -1.94. The zero-order valence-corrected chi connectivity index (χ0v) is 27.0. The predicted octanol–water partition coefficient (Wildman–Crippen LogP) is 3.63. The van der Waals surface area contributed by atoms with Crippen LogP contribution in [0.4, 0.5) is 4.39 Å². The molecular formula is C32H46FN5O5S. The molecule has 0 radical (unpaired) electrons. The van der Waals surface area contributed by atoms with Crippen LogP contribution in [0.1, 0.15) is 77.0 Å². The summed E-state index contributed by atoms with van der Waals surface area (Å²) < 4.78 is 20.7. The summed E-state index contributed by atoms with van der Waals surface area (Å²) in [5.41, 5.74) is 7.40. The first-order valence-electron chi connectivity index (χ1n) is 15.5. The highest BCUT2D eigenvalue weighted by molar-refractivity contribution is 7.13.